The van der Waals surface area contributed by atoms with Gasteiger partial charge in [-0.2, -0.15) is 0 Å². The van der Waals surface area contributed by atoms with Crippen molar-refractivity contribution in [2.24, 2.45) is 0 Å². The number of aromatic nitrogens is 3. The lowest BCUT2D eigenvalue weighted by molar-refractivity contribution is 0.102. The fourth-order valence-electron chi connectivity index (χ4n) is 2.36. The van der Waals surface area contributed by atoms with E-state index in [4.69, 9.17) is 0 Å². The molecule has 1 aliphatic rings. The third-order valence-electron chi connectivity index (χ3n) is 3.53. The minimum atomic E-state index is -0.346. The number of piperidine rings is 1. The van der Waals surface area contributed by atoms with Crippen molar-refractivity contribution in [3.8, 4) is 0 Å². The molecule has 1 aliphatic heterocycles. The van der Waals surface area contributed by atoms with Gasteiger partial charge in [0.25, 0.3) is 5.91 Å². The molecule has 0 radical (unpaired) electrons. The average molecular weight is 326 g/mol. The summed E-state index contributed by atoms with van der Waals surface area (Å²) in [4.78, 5) is 12.1. The number of carbonyl (C=O) groups is 1. The zero-order valence-electron chi connectivity index (χ0n) is 11.8. The maximum atomic E-state index is 12.8. The van der Waals surface area contributed by atoms with Crippen LogP contribution in [0.25, 0.3) is 0 Å². The van der Waals surface area contributed by atoms with Crippen LogP contribution in [0.2, 0.25) is 0 Å². The van der Waals surface area contributed by atoms with Crippen LogP contribution in [0.15, 0.2) is 30.5 Å². The van der Waals surface area contributed by atoms with Gasteiger partial charge in [-0.15, -0.1) is 17.5 Å². The summed E-state index contributed by atoms with van der Waals surface area (Å²) >= 11 is 0. The third-order valence-corrected chi connectivity index (χ3v) is 3.53. The van der Waals surface area contributed by atoms with Crippen molar-refractivity contribution >= 4 is 24.0 Å². The maximum Gasteiger partial charge on any atom is 0.277 e. The van der Waals surface area contributed by atoms with Crippen molar-refractivity contribution in [2.45, 2.75) is 18.9 Å². The number of halogens is 2. The minimum Gasteiger partial charge on any atom is -0.321 e. The molecule has 1 fully saturated rings. The molecule has 6 nitrogen and oxygen atoms in total. The number of hydrogen-bond acceptors (Lipinski definition) is 4. The van der Waals surface area contributed by atoms with E-state index in [9.17, 15) is 9.18 Å². The van der Waals surface area contributed by atoms with E-state index in [0.29, 0.717) is 5.69 Å². The predicted octanol–water partition coefficient (Wildman–Crippen LogP) is 2.02. The summed E-state index contributed by atoms with van der Waals surface area (Å²) in [5.41, 5.74) is 0.788. The molecule has 2 heterocycles. The Morgan fingerprint density at radius 1 is 1.27 bits per heavy atom. The second-order valence-corrected chi connectivity index (χ2v) is 5.03. The highest BCUT2D eigenvalue weighted by atomic mass is 35.5. The lowest BCUT2D eigenvalue weighted by Crippen LogP contribution is -2.29. The Balaban J connectivity index is 0.00000176. The van der Waals surface area contributed by atoms with Crippen LogP contribution in [0.1, 0.15) is 29.4 Å². The number of rotatable bonds is 3. The van der Waals surface area contributed by atoms with Gasteiger partial charge in [0.1, 0.15) is 5.82 Å². The van der Waals surface area contributed by atoms with E-state index in [1.54, 1.807) is 10.9 Å². The Labute approximate surface area is 133 Å². The molecule has 0 atom stereocenters. The van der Waals surface area contributed by atoms with E-state index in [-0.39, 0.29) is 35.9 Å². The molecular weight excluding hydrogens is 309 g/mol. The topological polar surface area (TPSA) is 71.8 Å². The lowest BCUT2D eigenvalue weighted by Gasteiger charge is -2.22. The molecule has 2 aromatic rings. The van der Waals surface area contributed by atoms with Crippen molar-refractivity contribution in [3.63, 3.8) is 0 Å². The first-order chi connectivity index (χ1) is 10.2. The molecule has 0 aliphatic carbocycles. The average Bonchev–Trinajstić information content (AvgIpc) is 3.00. The molecule has 1 saturated heterocycles. The number of hydrogen-bond donors (Lipinski definition) is 2. The quantitative estimate of drug-likeness (QED) is 0.905. The largest absolute Gasteiger partial charge is 0.321 e. The predicted molar refractivity (Wildman–Crippen MR) is 82.8 cm³/mol. The first-order valence-electron chi connectivity index (χ1n) is 6.92. The van der Waals surface area contributed by atoms with Crippen molar-refractivity contribution < 1.29 is 9.18 Å². The van der Waals surface area contributed by atoms with Gasteiger partial charge in [-0.1, -0.05) is 5.21 Å². The van der Waals surface area contributed by atoms with E-state index in [2.05, 4.69) is 20.9 Å². The van der Waals surface area contributed by atoms with Crippen LogP contribution >= 0.6 is 12.4 Å². The number of anilines is 1. The van der Waals surface area contributed by atoms with Gasteiger partial charge in [0, 0.05) is 5.69 Å². The zero-order valence-corrected chi connectivity index (χ0v) is 12.6. The Morgan fingerprint density at radius 2 is 1.95 bits per heavy atom. The zero-order chi connectivity index (χ0) is 14.7. The fraction of sp³-hybridized carbons (Fsp3) is 0.357. The van der Waals surface area contributed by atoms with Crippen LogP contribution in [0.5, 0.6) is 0 Å². The summed E-state index contributed by atoms with van der Waals surface area (Å²) in [6.45, 7) is 1.89. The van der Waals surface area contributed by atoms with E-state index in [0.717, 1.165) is 25.9 Å². The van der Waals surface area contributed by atoms with Crippen molar-refractivity contribution in [2.75, 3.05) is 18.4 Å². The Morgan fingerprint density at radius 3 is 2.64 bits per heavy atom. The van der Waals surface area contributed by atoms with Crippen LogP contribution < -0.4 is 10.6 Å². The number of carbonyl (C=O) groups excluding carboxylic acids is 1. The summed E-state index contributed by atoms with van der Waals surface area (Å²) in [5, 5.41) is 13.9. The molecule has 118 valence electrons. The smallest absolute Gasteiger partial charge is 0.277 e. The van der Waals surface area contributed by atoms with Gasteiger partial charge in [-0.3, -0.25) is 4.79 Å². The Bertz CT molecular complexity index is 624. The van der Waals surface area contributed by atoms with E-state index in [1.165, 1.54) is 24.3 Å². The summed E-state index contributed by atoms with van der Waals surface area (Å²) in [6.07, 6.45) is 3.61. The number of amides is 1. The minimum absolute atomic E-state index is 0. The molecule has 3 rings (SSSR count). The first-order valence-corrected chi connectivity index (χ1v) is 6.92. The molecular formula is C14H17ClFN5O. The third kappa shape index (κ3) is 3.80. The highest BCUT2D eigenvalue weighted by Gasteiger charge is 2.18. The van der Waals surface area contributed by atoms with Crippen LogP contribution in [-0.4, -0.2) is 34.0 Å². The van der Waals surface area contributed by atoms with Crippen molar-refractivity contribution in [1.82, 2.24) is 20.3 Å². The van der Waals surface area contributed by atoms with E-state index >= 15 is 0 Å². The molecule has 1 aromatic carbocycles. The van der Waals surface area contributed by atoms with Crippen LogP contribution in [0.3, 0.4) is 0 Å². The lowest BCUT2D eigenvalue weighted by atomic mass is 10.1. The first kappa shape index (κ1) is 16.4. The van der Waals surface area contributed by atoms with Gasteiger partial charge in [0.05, 0.1) is 12.2 Å². The van der Waals surface area contributed by atoms with Gasteiger partial charge in [-0.05, 0) is 50.2 Å². The molecule has 22 heavy (non-hydrogen) atoms. The highest BCUT2D eigenvalue weighted by molar-refractivity contribution is 6.02. The van der Waals surface area contributed by atoms with Gasteiger partial charge in [0.2, 0.25) is 0 Å². The molecule has 2 N–H and O–H groups in total. The molecule has 1 aromatic heterocycles. The van der Waals surface area contributed by atoms with Gasteiger partial charge >= 0.3 is 0 Å². The second-order valence-electron chi connectivity index (χ2n) is 5.03. The van der Waals surface area contributed by atoms with Gasteiger partial charge < -0.3 is 10.6 Å². The SMILES string of the molecule is Cl.O=C(Nc1ccc(F)cc1)c1cn(C2CCNCC2)nn1. The molecule has 8 heteroatoms. The fourth-order valence-corrected chi connectivity index (χ4v) is 2.36. The van der Waals surface area contributed by atoms with E-state index < -0.39 is 0 Å². The van der Waals surface area contributed by atoms with Gasteiger partial charge in [0.15, 0.2) is 5.69 Å². The summed E-state index contributed by atoms with van der Waals surface area (Å²) < 4.78 is 14.6. The maximum absolute atomic E-state index is 12.8. The number of nitrogens with zero attached hydrogens (tertiary/aromatic N) is 3. The second kappa shape index (κ2) is 7.33. The molecule has 0 spiro atoms. The highest BCUT2D eigenvalue weighted by Crippen LogP contribution is 2.17. The Kier molecular flexibility index (Phi) is 5.46. The molecule has 0 bridgehead atoms. The van der Waals surface area contributed by atoms with Crippen molar-refractivity contribution in [1.29, 1.82) is 0 Å². The van der Waals surface area contributed by atoms with Crippen LogP contribution in [-0.2, 0) is 0 Å². The standard InChI is InChI=1S/C14H16FN5O.ClH/c15-10-1-3-11(4-2-10)17-14(21)13-9-20(19-18-13)12-5-7-16-8-6-12;/h1-4,9,12,16H,5-8H2,(H,17,21);1H. The summed E-state index contributed by atoms with van der Waals surface area (Å²) in [7, 11) is 0. The summed E-state index contributed by atoms with van der Waals surface area (Å²) in [6, 6.07) is 5.88. The summed E-state index contributed by atoms with van der Waals surface area (Å²) in [5.74, 6) is -0.688. The number of benzene rings is 1. The monoisotopic (exact) mass is 325 g/mol. The normalized spacial score (nSPS) is 15.1. The van der Waals surface area contributed by atoms with Crippen molar-refractivity contribution in [3.05, 3.63) is 42.0 Å². The molecule has 0 saturated carbocycles. The number of nitrogens with one attached hydrogen (secondary N) is 2. The van der Waals surface area contributed by atoms with Crippen LogP contribution in [0, 0.1) is 5.82 Å². The van der Waals surface area contributed by atoms with E-state index in [1.807, 2.05) is 0 Å². The Hall–Kier alpha value is -1.99. The van der Waals surface area contributed by atoms with Crippen LogP contribution in [0.4, 0.5) is 10.1 Å². The molecule has 1 amide bonds. The van der Waals surface area contributed by atoms with Gasteiger partial charge in [-0.25, -0.2) is 9.07 Å². The molecule has 0 unspecified atom stereocenters.